The first-order valence-corrected chi connectivity index (χ1v) is 31.6. The molecule has 0 heterocycles. The van der Waals surface area contributed by atoms with E-state index in [1.165, 1.54) is 124 Å². The van der Waals surface area contributed by atoms with Crippen molar-refractivity contribution in [3.05, 3.63) is 235 Å². The standard InChI is InChI=1S/C76H80O8/c77-65-41-67(79)59-37-57(65)73(53-29-21-49(22-30-53)45-13-5-1-6-14-45)58-38-60(68(80)42-66(58)78)75(55-33-25-51(26-34-55)47-17-9-3-10-18-47)62-40-64(72(84)44-70(62)82)76(56-35-27-52(28-36-56)48-19-11-4-12-20-48)63-39-61(69(81)43-71(63)83)74(59)54-31-23-50(24-32-54)46-15-7-2-8-16-46/h21-48,73-84H,1-20H2/t73-,74-,75-,76+. The summed E-state index contributed by atoms with van der Waals surface area (Å²) in [5.74, 6) is -3.69. The largest absolute Gasteiger partial charge is 0.507 e. The zero-order valence-electron chi connectivity index (χ0n) is 48.2. The van der Waals surface area contributed by atoms with Gasteiger partial charge in [-0.3, -0.25) is 0 Å². The van der Waals surface area contributed by atoms with Crippen molar-refractivity contribution < 1.29 is 40.9 Å². The van der Waals surface area contributed by atoms with E-state index < -0.39 is 23.7 Å². The maximum absolute atomic E-state index is 12.5. The average molecular weight is 1120 g/mol. The summed E-state index contributed by atoms with van der Waals surface area (Å²) < 4.78 is 0. The Labute approximate surface area is 494 Å². The second kappa shape index (κ2) is 23.7. The van der Waals surface area contributed by atoms with Crippen molar-refractivity contribution in [2.45, 2.75) is 176 Å². The summed E-state index contributed by atoms with van der Waals surface area (Å²) in [5.41, 5.74) is 10.8. The molecule has 0 unspecified atom stereocenters. The number of benzene rings is 8. The topological polar surface area (TPSA) is 162 Å². The fraction of sp³-hybridized carbons (Fsp3) is 0.368. The van der Waals surface area contributed by atoms with Gasteiger partial charge >= 0.3 is 0 Å². The van der Waals surface area contributed by atoms with E-state index in [0.29, 0.717) is 68.2 Å². The quantitative estimate of drug-likeness (QED) is 0.0746. The zero-order chi connectivity index (χ0) is 57.6. The third kappa shape index (κ3) is 10.7. The Morgan fingerprint density at radius 1 is 0.179 bits per heavy atom. The molecule has 0 saturated heterocycles. The van der Waals surface area contributed by atoms with Crippen LogP contribution in [0.4, 0.5) is 0 Å². The fourth-order valence-electron chi connectivity index (χ4n) is 16.0. The number of rotatable bonds is 8. The minimum absolute atomic E-state index is 0.220. The number of hydrogen-bond acceptors (Lipinski definition) is 8. The molecule has 8 bridgehead atoms. The number of phenols is 8. The molecule has 0 aliphatic heterocycles. The molecular weight excluding hydrogens is 1040 g/mol. The van der Waals surface area contributed by atoms with Crippen LogP contribution in [0.1, 0.15) is 265 Å². The summed E-state index contributed by atoms with van der Waals surface area (Å²) in [4.78, 5) is 0. The van der Waals surface area contributed by atoms with E-state index in [1.54, 1.807) is 24.3 Å². The summed E-state index contributed by atoms with van der Waals surface area (Å²) in [7, 11) is 0. The number of phenolic OH excluding ortho intramolecular Hbond substituents is 8. The van der Waals surface area contributed by atoms with E-state index in [4.69, 9.17) is 0 Å². The summed E-state index contributed by atoms with van der Waals surface area (Å²) in [6.07, 6.45) is 23.1. The zero-order valence-corrected chi connectivity index (χ0v) is 48.2. The summed E-state index contributed by atoms with van der Waals surface area (Å²) in [6, 6.07) is 46.3. The van der Waals surface area contributed by atoms with E-state index in [1.807, 2.05) is 0 Å². The Hall–Kier alpha value is -7.84. The van der Waals surface area contributed by atoms with Gasteiger partial charge in [-0.25, -0.2) is 0 Å². The molecule has 8 aromatic rings. The highest BCUT2D eigenvalue weighted by atomic mass is 16.3. The molecule has 0 aromatic heterocycles. The fourth-order valence-corrected chi connectivity index (χ4v) is 16.0. The van der Waals surface area contributed by atoms with Crippen molar-refractivity contribution in [2.75, 3.05) is 0 Å². The molecule has 8 nitrogen and oxygen atoms in total. The van der Waals surface area contributed by atoms with Crippen LogP contribution in [0.15, 0.2) is 146 Å². The van der Waals surface area contributed by atoms with E-state index in [9.17, 15) is 40.9 Å². The van der Waals surface area contributed by atoms with Crippen LogP contribution in [-0.2, 0) is 0 Å². The Balaban J connectivity index is 1.09. The first-order valence-electron chi connectivity index (χ1n) is 31.6. The maximum Gasteiger partial charge on any atom is 0.123 e. The molecule has 0 atom stereocenters. The van der Waals surface area contributed by atoms with Gasteiger partial charge in [-0.05, 0) is 144 Å². The third-order valence-corrected chi connectivity index (χ3v) is 20.6. The van der Waals surface area contributed by atoms with Crippen LogP contribution in [0, 0.1) is 0 Å². The third-order valence-electron chi connectivity index (χ3n) is 20.6. The summed E-state index contributed by atoms with van der Waals surface area (Å²) in [6.45, 7) is 0. The Morgan fingerprint density at radius 3 is 0.476 bits per heavy atom. The predicted octanol–water partition coefficient (Wildman–Crippen LogP) is 18.6. The van der Waals surface area contributed by atoms with Crippen LogP contribution in [0.2, 0.25) is 0 Å². The van der Waals surface area contributed by atoms with Crippen LogP contribution < -0.4 is 0 Å². The number of fused-ring (bicyclic) bond motifs is 8. The molecule has 84 heavy (non-hydrogen) atoms. The second-order valence-corrected chi connectivity index (χ2v) is 25.6. The van der Waals surface area contributed by atoms with E-state index in [2.05, 4.69) is 97.1 Å². The van der Waals surface area contributed by atoms with E-state index in [0.717, 1.165) is 73.6 Å². The molecule has 0 radical (unpaired) electrons. The smallest absolute Gasteiger partial charge is 0.123 e. The van der Waals surface area contributed by atoms with Crippen molar-refractivity contribution in [3.63, 3.8) is 0 Å². The number of hydrogen-bond donors (Lipinski definition) is 8. The highest BCUT2D eigenvalue weighted by Crippen LogP contribution is 2.55. The number of aromatic hydroxyl groups is 8. The van der Waals surface area contributed by atoms with Crippen LogP contribution in [0.25, 0.3) is 0 Å². The van der Waals surface area contributed by atoms with Gasteiger partial charge in [0.1, 0.15) is 46.0 Å². The highest BCUT2D eigenvalue weighted by molar-refractivity contribution is 5.67. The van der Waals surface area contributed by atoms with Gasteiger partial charge < -0.3 is 40.9 Å². The average Bonchev–Trinajstić information content (AvgIpc) is 2.11. The normalized spacial score (nSPS) is 21.0. The first kappa shape index (κ1) is 55.4. The lowest BCUT2D eigenvalue weighted by molar-refractivity contribution is 0.431. The molecule has 0 spiro atoms. The lowest BCUT2D eigenvalue weighted by Gasteiger charge is -2.30. The molecule has 13 rings (SSSR count). The van der Waals surface area contributed by atoms with Crippen molar-refractivity contribution in [1.29, 1.82) is 0 Å². The second-order valence-electron chi connectivity index (χ2n) is 25.6. The lowest BCUT2D eigenvalue weighted by atomic mass is 9.74. The summed E-state index contributed by atoms with van der Waals surface area (Å²) >= 11 is 0. The molecule has 5 aliphatic rings. The molecule has 8 N–H and O–H groups in total. The summed E-state index contributed by atoms with van der Waals surface area (Å²) in [5, 5.41) is 100. The molecular formula is C76H80O8. The molecule has 4 saturated carbocycles. The van der Waals surface area contributed by atoms with Gasteiger partial charge in [-0.1, -0.05) is 174 Å². The minimum Gasteiger partial charge on any atom is -0.507 e. The van der Waals surface area contributed by atoms with Crippen molar-refractivity contribution in [2.24, 2.45) is 0 Å². The molecule has 5 aliphatic carbocycles. The van der Waals surface area contributed by atoms with Gasteiger partial charge in [0.15, 0.2) is 0 Å². The van der Waals surface area contributed by atoms with E-state index >= 15 is 0 Å². The maximum atomic E-state index is 12.5. The Kier molecular flexibility index (Phi) is 15.6. The van der Waals surface area contributed by atoms with Gasteiger partial charge in [0, 0.05) is 92.4 Å². The monoisotopic (exact) mass is 1120 g/mol. The molecule has 4 fully saturated rings. The predicted molar refractivity (Wildman–Crippen MR) is 332 cm³/mol. The van der Waals surface area contributed by atoms with Crippen LogP contribution in [-0.4, -0.2) is 40.9 Å². The van der Waals surface area contributed by atoms with Gasteiger partial charge in [-0.2, -0.15) is 0 Å². The van der Waals surface area contributed by atoms with Crippen molar-refractivity contribution in [1.82, 2.24) is 0 Å². The van der Waals surface area contributed by atoms with Crippen molar-refractivity contribution >= 4 is 0 Å². The lowest BCUT2D eigenvalue weighted by Crippen LogP contribution is -2.13. The molecule has 8 aromatic carbocycles. The molecule has 0 amide bonds. The van der Waals surface area contributed by atoms with Gasteiger partial charge in [-0.15, -0.1) is 0 Å². The SMILES string of the molecule is Oc1cc(O)c2cc1[C@H](c1ccc(C3CCCCC3)cc1)c1cc(c(O)cc1O)[C@H](c1ccc(C3CCCCC3)cc1)c1cc(c(O)cc1O)[C@H](c1ccc(C3CCCCC3)cc1)c1cc(c(O)cc1O)[C@H]2c1ccc(C2CCCCC2)cc1. The Morgan fingerprint density at radius 2 is 0.321 bits per heavy atom. The van der Waals surface area contributed by atoms with Crippen molar-refractivity contribution in [3.8, 4) is 46.0 Å². The highest BCUT2D eigenvalue weighted by Gasteiger charge is 2.36. The molecule has 8 heteroatoms. The van der Waals surface area contributed by atoms with Crippen LogP contribution >= 0.6 is 0 Å². The van der Waals surface area contributed by atoms with Gasteiger partial charge in [0.25, 0.3) is 0 Å². The van der Waals surface area contributed by atoms with Gasteiger partial charge in [0.05, 0.1) is 0 Å². The van der Waals surface area contributed by atoms with Crippen LogP contribution in [0.5, 0.6) is 46.0 Å². The Bertz CT molecular complexity index is 3050. The van der Waals surface area contributed by atoms with Gasteiger partial charge in [0.2, 0.25) is 0 Å². The minimum atomic E-state index is -0.894. The molecule has 432 valence electrons. The van der Waals surface area contributed by atoms with E-state index in [-0.39, 0.29) is 46.0 Å². The van der Waals surface area contributed by atoms with Crippen LogP contribution in [0.3, 0.4) is 0 Å². The first-order chi connectivity index (χ1) is 40.9.